The van der Waals surface area contributed by atoms with Gasteiger partial charge in [-0.3, -0.25) is 9.59 Å². The van der Waals surface area contributed by atoms with Gasteiger partial charge in [-0.05, 0) is 32.1 Å². The number of Topliss-reactive ketones (excluding diaryl/α,β-unsaturated/α-hetero) is 1. The lowest BCUT2D eigenvalue weighted by Gasteiger charge is -2.46. The molecule has 1 N–H and O–H groups in total. The topological polar surface area (TPSA) is 54.4 Å². The summed E-state index contributed by atoms with van der Waals surface area (Å²) in [4.78, 5) is 22.4. The Balaban J connectivity index is 2.28. The van der Waals surface area contributed by atoms with Crippen LogP contribution in [0.25, 0.3) is 0 Å². The number of aliphatic carboxylic acids is 1. The van der Waals surface area contributed by atoms with Crippen LogP contribution in [0.5, 0.6) is 0 Å². The number of carbonyl (C=O) groups is 2. The molecule has 3 fully saturated rings. The van der Waals surface area contributed by atoms with Crippen molar-refractivity contribution >= 4 is 11.8 Å². The van der Waals surface area contributed by atoms with Crippen molar-refractivity contribution in [1.82, 2.24) is 0 Å². The zero-order valence-corrected chi connectivity index (χ0v) is 7.75. The minimum absolute atomic E-state index is 0.0334. The van der Waals surface area contributed by atoms with Crippen LogP contribution in [0.15, 0.2) is 0 Å². The predicted octanol–water partition coefficient (Wildman–Crippen LogP) is 1.47. The second-order valence-corrected chi connectivity index (χ2v) is 4.57. The molecule has 3 atom stereocenters. The van der Waals surface area contributed by atoms with Gasteiger partial charge in [0.05, 0.1) is 5.41 Å². The van der Waals surface area contributed by atoms with Crippen LogP contribution in [0.2, 0.25) is 0 Å². The maximum absolute atomic E-state index is 11.4. The van der Waals surface area contributed by atoms with E-state index in [-0.39, 0.29) is 17.6 Å². The molecule has 3 nitrogen and oxygen atoms in total. The molecular formula is C10H14O3. The van der Waals surface area contributed by atoms with Crippen LogP contribution in [-0.4, -0.2) is 16.9 Å². The van der Waals surface area contributed by atoms with Crippen LogP contribution >= 0.6 is 0 Å². The lowest BCUT2D eigenvalue weighted by Crippen LogP contribution is -2.48. The highest BCUT2D eigenvalue weighted by molar-refractivity contribution is 5.87. The van der Waals surface area contributed by atoms with Crippen molar-refractivity contribution in [1.29, 1.82) is 0 Å². The van der Waals surface area contributed by atoms with Crippen LogP contribution in [0.4, 0.5) is 0 Å². The van der Waals surface area contributed by atoms with Gasteiger partial charge in [0.2, 0.25) is 0 Å². The zero-order chi connectivity index (χ0) is 9.64. The minimum atomic E-state index is -0.727. The number of hydrogen-bond donors (Lipinski definition) is 1. The Morgan fingerprint density at radius 3 is 2.62 bits per heavy atom. The molecule has 0 aromatic carbocycles. The third-order valence-corrected chi connectivity index (χ3v) is 3.83. The molecule has 0 spiro atoms. The van der Waals surface area contributed by atoms with Crippen molar-refractivity contribution in [3.8, 4) is 0 Å². The number of carboxylic acid groups (broad SMARTS) is 1. The molecule has 3 heteroatoms. The third-order valence-electron chi connectivity index (χ3n) is 3.83. The summed E-state index contributed by atoms with van der Waals surface area (Å²) in [5.41, 5.74) is -0.628. The molecule has 0 amide bonds. The summed E-state index contributed by atoms with van der Waals surface area (Å²) in [5, 5.41) is 9.09. The van der Waals surface area contributed by atoms with E-state index in [1.54, 1.807) is 6.92 Å². The SMILES string of the molecule is C[C@]1(C(=O)O)C[C@@H]2CC[C@H]1CC2=O. The van der Waals surface area contributed by atoms with Crippen LogP contribution in [0.1, 0.15) is 32.6 Å². The summed E-state index contributed by atoms with van der Waals surface area (Å²) in [6.07, 6.45) is 2.88. The van der Waals surface area contributed by atoms with Crippen molar-refractivity contribution in [2.75, 3.05) is 0 Å². The van der Waals surface area contributed by atoms with Gasteiger partial charge in [0.1, 0.15) is 5.78 Å². The van der Waals surface area contributed by atoms with Crippen molar-refractivity contribution in [3.63, 3.8) is 0 Å². The molecule has 0 aliphatic heterocycles. The predicted molar refractivity (Wildman–Crippen MR) is 46.2 cm³/mol. The second-order valence-electron chi connectivity index (χ2n) is 4.57. The quantitative estimate of drug-likeness (QED) is 0.668. The normalized spacial score (nSPS) is 43.6. The fourth-order valence-electron chi connectivity index (χ4n) is 2.78. The Morgan fingerprint density at radius 1 is 1.54 bits per heavy atom. The average Bonchev–Trinajstić information content (AvgIpc) is 2.07. The van der Waals surface area contributed by atoms with Crippen LogP contribution in [0.3, 0.4) is 0 Å². The fourth-order valence-corrected chi connectivity index (χ4v) is 2.78. The maximum atomic E-state index is 11.4. The Kier molecular flexibility index (Phi) is 1.72. The first-order valence-electron chi connectivity index (χ1n) is 4.80. The van der Waals surface area contributed by atoms with E-state index >= 15 is 0 Å². The molecule has 2 bridgehead atoms. The Hall–Kier alpha value is -0.860. The molecule has 13 heavy (non-hydrogen) atoms. The van der Waals surface area contributed by atoms with E-state index in [1.807, 2.05) is 0 Å². The van der Waals surface area contributed by atoms with Gasteiger partial charge in [0, 0.05) is 12.3 Å². The summed E-state index contributed by atoms with van der Waals surface area (Å²) < 4.78 is 0. The molecule has 0 aromatic rings. The molecule has 72 valence electrons. The smallest absolute Gasteiger partial charge is 0.309 e. The van der Waals surface area contributed by atoms with Gasteiger partial charge >= 0.3 is 5.97 Å². The van der Waals surface area contributed by atoms with E-state index in [0.29, 0.717) is 12.8 Å². The largest absolute Gasteiger partial charge is 0.481 e. The molecule has 0 saturated heterocycles. The summed E-state index contributed by atoms with van der Waals surface area (Å²) in [7, 11) is 0. The first-order chi connectivity index (χ1) is 6.04. The van der Waals surface area contributed by atoms with E-state index in [1.165, 1.54) is 0 Å². The molecule has 0 radical (unpaired) electrons. The van der Waals surface area contributed by atoms with Gasteiger partial charge in [0.25, 0.3) is 0 Å². The Morgan fingerprint density at radius 2 is 2.23 bits per heavy atom. The number of carbonyl (C=O) groups excluding carboxylic acids is 1. The minimum Gasteiger partial charge on any atom is -0.481 e. The van der Waals surface area contributed by atoms with Crippen molar-refractivity contribution < 1.29 is 14.7 Å². The van der Waals surface area contributed by atoms with Gasteiger partial charge in [-0.2, -0.15) is 0 Å². The average molecular weight is 182 g/mol. The molecule has 3 aliphatic rings. The number of carboxylic acids is 1. The molecule has 3 saturated carbocycles. The van der Waals surface area contributed by atoms with Crippen molar-refractivity contribution in [2.45, 2.75) is 32.6 Å². The molecule has 0 aromatic heterocycles. The van der Waals surface area contributed by atoms with Gasteiger partial charge in [-0.15, -0.1) is 0 Å². The summed E-state index contributed by atoms with van der Waals surface area (Å²) in [5.74, 6) is -0.321. The summed E-state index contributed by atoms with van der Waals surface area (Å²) in [6, 6.07) is 0. The van der Waals surface area contributed by atoms with Gasteiger partial charge in [0.15, 0.2) is 0 Å². The van der Waals surface area contributed by atoms with E-state index in [9.17, 15) is 9.59 Å². The lowest BCUT2D eigenvalue weighted by molar-refractivity contribution is -0.161. The zero-order valence-electron chi connectivity index (χ0n) is 7.75. The Bertz CT molecular complexity index is 271. The van der Waals surface area contributed by atoms with Crippen molar-refractivity contribution in [2.24, 2.45) is 17.3 Å². The highest BCUT2D eigenvalue weighted by atomic mass is 16.4. The molecule has 3 rings (SSSR count). The van der Waals surface area contributed by atoms with Crippen LogP contribution in [0, 0.1) is 17.3 Å². The van der Waals surface area contributed by atoms with Gasteiger partial charge in [-0.25, -0.2) is 0 Å². The number of rotatable bonds is 1. The molecule has 3 aliphatic carbocycles. The fraction of sp³-hybridized carbons (Fsp3) is 0.800. The summed E-state index contributed by atoms with van der Waals surface area (Å²) in [6.45, 7) is 1.79. The highest BCUT2D eigenvalue weighted by Crippen LogP contribution is 2.50. The number of ketones is 1. The monoisotopic (exact) mass is 182 g/mol. The van der Waals surface area contributed by atoms with E-state index in [4.69, 9.17) is 5.11 Å². The standard InChI is InChI=1S/C10H14O3/c1-10(9(12)13)5-6-2-3-7(10)4-8(6)11/h6-7H,2-5H2,1H3,(H,12,13)/t6-,7-,10-/m0/s1. The Labute approximate surface area is 77.1 Å². The van der Waals surface area contributed by atoms with Crippen LogP contribution in [-0.2, 0) is 9.59 Å². The second kappa shape index (κ2) is 2.56. The first kappa shape index (κ1) is 8.73. The number of fused-ring (bicyclic) bond motifs is 3. The third kappa shape index (κ3) is 1.10. The highest BCUT2D eigenvalue weighted by Gasteiger charge is 2.52. The first-order valence-corrected chi connectivity index (χ1v) is 4.80. The van der Waals surface area contributed by atoms with E-state index < -0.39 is 11.4 Å². The maximum Gasteiger partial charge on any atom is 0.309 e. The summed E-state index contributed by atoms with van der Waals surface area (Å²) >= 11 is 0. The number of hydrogen-bond acceptors (Lipinski definition) is 2. The van der Waals surface area contributed by atoms with Crippen LogP contribution < -0.4 is 0 Å². The van der Waals surface area contributed by atoms with Gasteiger partial charge in [-0.1, -0.05) is 0 Å². The van der Waals surface area contributed by atoms with E-state index in [2.05, 4.69) is 0 Å². The van der Waals surface area contributed by atoms with E-state index in [0.717, 1.165) is 12.8 Å². The molecule has 0 heterocycles. The molecule has 0 unspecified atom stereocenters. The van der Waals surface area contributed by atoms with Gasteiger partial charge < -0.3 is 5.11 Å². The lowest BCUT2D eigenvalue weighted by atomic mass is 9.56. The molecular weight excluding hydrogens is 168 g/mol. The van der Waals surface area contributed by atoms with Crippen molar-refractivity contribution in [3.05, 3.63) is 0 Å².